The van der Waals surface area contributed by atoms with Crippen molar-refractivity contribution in [3.05, 3.63) is 53.6 Å². The van der Waals surface area contributed by atoms with E-state index in [4.69, 9.17) is 14.2 Å². The maximum atomic E-state index is 12.1. The summed E-state index contributed by atoms with van der Waals surface area (Å²) in [6.07, 6.45) is 2.51. The second-order valence-electron chi connectivity index (χ2n) is 6.55. The molecule has 0 aliphatic heterocycles. The standard InChI is InChI=1S/C23H29NO5/c1-4-6-13-28-21-12-7-17(14-22(21)27-3)15-24-23(26)16-29-19-10-8-18(9-11-19)20(25)5-2/h7-12,14H,4-6,13,15-16H2,1-3H3,(H,24,26). The number of carbonyl (C=O) groups is 2. The van der Waals surface area contributed by atoms with Gasteiger partial charge in [0.1, 0.15) is 5.75 Å². The Kier molecular flexibility index (Phi) is 9.02. The topological polar surface area (TPSA) is 73.9 Å². The van der Waals surface area contributed by atoms with Gasteiger partial charge in [0, 0.05) is 18.5 Å². The second-order valence-corrected chi connectivity index (χ2v) is 6.55. The van der Waals surface area contributed by atoms with Crippen LogP contribution < -0.4 is 19.5 Å². The van der Waals surface area contributed by atoms with Gasteiger partial charge in [-0.1, -0.05) is 26.3 Å². The molecule has 0 radical (unpaired) electrons. The van der Waals surface area contributed by atoms with E-state index in [-0.39, 0.29) is 18.3 Å². The first kappa shape index (κ1) is 22.3. The van der Waals surface area contributed by atoms with Gasteiger partial charge in [-0.05, 0) is 48.4 Å². The molecular weight excluding hydrogens is 370 g/mol. The van der Waals surface area contributed by atoms with Gasteiger partial charge in [-0.2, -0.15) is 0 Å². The molecule has 1 amide bonds. The predicted molar refractivity (Wildman–Crippen MR) is 112 cm³/mol. The molecule has 0 aliphatic rings. The van der Waals surface area contributed by atoms with Gasteiger partial charge in [0.2, 0.25) is 0 Å². The Labute approximate surface area is 172 Å². The van der Waals surface area contributed by atoms with E-state index < -0.39 is 0 Å². The highest BCUT2D eigenvalue weighted by Gasteiger charge is 2.08. The number of unbranched alkanes of at least 4 members (excludes halogenated alkanes) is 1. The van der Waals surface area contributed by atoms with Gasteiger partial charge in [0.25, 0.3) is 5.91 Å². The zero-order chi connectivity index (χ0) is 21.1. The van der Waals surface area contributed by atoms with Gasteiger partial charge in [-0.25, -0.2) is 0 Å². The lowest BCUT2D eigenvalue weighted by molar-refractivity contribution is -0.123. The minimum absolute atomic E-state index is 0.0755. The molecule has 0 heterocycles. The van der Waals surface area contributed by atoms with Crippen LogP contribution in [0.4, 0.5) is 0 Å². The highest BCUT2D eigenvalue weighted by atomic mass is 16.5. The monoisotopic (exact) mass is 399 g/mol. The van der Waals surface area contributed by atoms with Gasteiger partial charge >= 0.3 is 0 Å². The van der Waals surface area contributed by atoms with Crippen molar-refractivity contribution >= 4 is 11.7 Å². The largest absolute Gasteiger partial charge is 0.493 e. The van der Waals surface area contributed by atoms with Gasteiger partial charge in [0.15, 0.2) is 23.9 Å². The fourth-order valence-corrected chi connectivity index (χ4v) is 2.61. The molecule has 0 saturated carbocycles. The summed E-state index contributed by atoms with van der Waals surface area (Å²) < 4.78 is 16.6. The summed E-state index contributed by atoms with van der Waals surface area (Å²) in [4.78, 5) is 23.7. The van der Waals surface area contributed by atoms with Crippen molar-refractivity contribution < 1.29 is 23.8 Å². The Morgan fingerprint density at radius 1 is 0.966 bits per heavy atom. The number of benzene rings is 2. The van der Waals surface area contributed by atoms with Crippen molar-refractivity contribution in [3.8, 4) is 17.2 Å². The van der Waals surface area contributed by atoms with Gasteiger partial charge in [-0.15, -0.1) is 0 Å². The minimum Gasteiger partial charge on any atom is -0.493 e. The fourth-order valence-electron chi connectivity index (χ4n) is 2.61. The SMILES string of the molecule is CCCCOc1ccc(CNC(=O)COc2ccc(C(=O)CC)cc2)cc1OC. The molecule has 6 heteroatoms. The molecule has 0 bridgehead atoms. The molecule has 2 rings (SSSR count). The number of hydrogen-bond acceptors (Lipinski definition) is 5. The molecule has 2 aromatic carbocycles. The summed E-state index contributed by atoms with van der Waals surface area (Å²) in [5.41, 5.74) is 1.54. The average Bonchev–Trinajstić information content (AvgIpc) is 2.76. The number of nitrogens with one attached hydrogen (secondary N) is 1. The summed E-state index contributed by atoms with van der Waals surface area (Å²) >= 11 is 0. The minimum atomic E-state index is -0.235. The average molecular weight is 399 g/mol. The lowest BCUT2D eigenvalue weighted by atomic mass is 10.1. The molecule has 1 N–H and O–H groups in total. The molecule has 0 aliphatic carbocycles. The maximum absolute atomic E-state index is 12.1. The highest BCUT2D eigenvalue weighted by molar-refractivity contribution is 5.95. The summed E-state index contributed by atoms with van der Waals surface area (Å²) in [6.45, 7) is 4.83. The second kappa shape index (κ2) is 11.7. The number of hydrogen-bond donors (Lipinski definition) is 1. The Morgan fingerprint density at radius 3 is 2.38 bits per heavy atom. The van der Waals surface area contributed by atoms with Crippen LogP contribution in [0.25, 0.3) is 0 Å². The number of ketones is 1. The van der Waals surface area contributed by atoms with Crippen LogP contribution in [0, 0.1) is 0 Å². The van der Waals surface area contributed by atoms with Crippen LogP contribution in [0.3, 0.4) is 0 Å². The van der Waals surface area contributed by atoms with Crippen LogP contribution in [0.2, 0.25) is 0 Å². The van der Waals surface area contributed by atoms with E-state index in [0.717, 1.165) is 18.4 Å². The normalized spacial score (nSPS) is 10.3. The Hall–Kier alpha value is -3.02. The van der Waals surface area contributed by atoms with E-state index in [1.54, 1.807) is 31.4 Å². The summed E-state index contributed by atoms with van der Waals surface area (Å²) in [7, 11) is 1.59. The van der Waals surface area contributed by atoms with Crippen LogP contribution >= 0.6 is 0 Å². The molecule has 6 nitrogen and oxygen atoms in total. The first-order valence-corrected chi connectivity index (χ1v) is 9.89. The molecule has 0 aromatic heterocycles. The zero-order valence-corrected chi connectivity index (χ0v) is 17.3. The maximum Gasteiger partial charge on any atom is 0.258 e. The van der Waals surface area contributed by atoms with E-state index in [1.807, 2.05) is 25.1 Å². The summed E-state index contributed by atoms with van der Waals surface area (Å²) in [6, 6.07) is 12.4. The number of rotatable bonds is 12. The van der Waals surface area contributed by atoms with Crippen LogP contribution in [-0.2, 0) is 11.3 Å². The molecule has 0 atom stereocenters. The Bertz CT molecular complexity index is 801. The van der Waals surface area contributed by atoms with Gasteiger partial charge < -0.3 is 19.5 Å². The molecule has 2 aromatic rings. The molecule has 0 saturated heterocycles. The van der Waals surface area contributed by atoms with Crippen LogP contribution in [0.1, 0.15) is 49.0 Å². The highest BCUT2D eigenvalue weighted by Crippen LogP contribution is 2.28. The fraction of sp³-hybridized carbons (Fsp3) is 0.391. The van der Waals surface area contributed by atoms with E-state index in [2.05, 4.69) is 12.2 Å². The van der Waals surface area contributed by atoms with Gasteiger partial charge in [-0.3, -0.25) is 9.59 Å². The Balaban J connectivity index is 1.81. The molecule has 0 fully saturated rings. The third kappa shape index (κ3) is 7.14. The number of amides is 1. The summed E-state index contributed by atoms with van der Waals surface area (Å²) in [5.74, 6) is 1.73. The van der Waals surface area contributed by atoms with Crippen LogP contribution in [-0.4, -0.2) is 32.0 Å². The van der Waals surface area contributed by atoms with Crippen molar-refractivity contribution in [1.29, 1.82) is 0 Å². The van der Waals surface area contributed by atoms with Crippen molar-refractivity contribution in [3.63, 3.8) is 0 Å². The van der Waals surface area contributed by atoms with E-state index in [1.165, 1.54) is 0 Å². The lowest BCUT2D eigenvalue weighted by Crippen LogP contribution is -2.28. The van der Waals surface area contributed by atoms with Crippen molar-refractivity contribution in [2.45, 2.75) is 39.7 Å². The number of methoxy groups -OCH3 is 1. The first-order valence-electron chi connectivity index (χ1n) is 9.89. The third-order valence-corrected chi connectivity index (χ3v) is 4.34. The predicted octanol–water partition coefficient (Wildman–Crippen LogP) is 4.16. The summed E-state index contributed by atoms with van der Waals surface area (Å²) in [5, 5.41) is 2.82. The third-order valence-electron chi connectivity index (χ3n) is 4.34. The molecule has 29 heavy (non-hydrogen) atoms. The smallest absolute Gasteiger partial charge is 0.258 e. The molecule has 0 unspecified atom stereocenters. The van der Waals surface area contributed by atoms with Crippen molar-refractivity contribution in [2.75, 3.05) is 20.3 Å². The zero-order valence-electron chi connectivity index (χ0n) is 17.3. The van der Waals surface area contributed by atoms with Crippen molar-refractivity contribution in [1.82, 2.24) is 5.32 Å². The number of carbonyl (C=O) groups excluding carboxylic acids is 2. The van der Waals surface area contributed by atoms with Crippen molar-refractivity contribution in [2.24, 2.45) is 0 Å². The van der Waals surface area contributed by atoms with Crippen LogP contribution in [0.15, 0.2) is 42.5 Å². The van der Waals surface area contributed by atoms with Gasteiger partial charge in [0.05, 0.1) is 13.7 Å². The van der Waals surface area contributed by atoms with E-state index in [9.17, 15) is 9.59 Å². The molecule has 0 spiro atoms. The lowest BCUT2D eigenvalue weighted by Gasteiger charge is -2.12. The number of Topliss-reactive ketones (excluding diaryl/α,β-unsaturated/α-hetero) is 1. The number of ether oxygens (including phenoxy) is 3. The van der Waals surface area contributed by atoms with E-state index in [0.29, 0.717) is 42.4 Å². The molecule has 156 valence electrons. The quantitative estimate of drug-likeness (QED) is 0.428. The van der Waals surface area contributed by atoms with E-state index >= 15 is 0 Å². The molecular formula is C23H29NO5. The Morgan fingerprint density at radius 2 is 1.72 bits per heavy atom. The first-order chi connectivity index (χ1) is 14.1. The van der Waals surface area contributed by atoms with Crippen LogP contribution in [0.5, 0.6) is 17.2 Å².